The maximum absolute atomic E-state index is 13.0. The second kappa shape index (κ2) is 6.29. The first-order valence-corrected chi connectivity index (χ1v) is 8.00. The number of nitrogens with zero attached hydrogens (tertiary/aromatic N) is 1. The number of hydrogen-bond acceptors (Lipinski definition) is 3. The Morgan fingerprint density at radius 3 is 2.17 bits per heavy atom. The van der Waals surface area contributed by atoms with Crippen LogP contribution in [-0.4, -0.2) is 11.8 Å². The predicted octanol–water partition coefficient (Wildman–Crippen LogP) is 3.87. The highest BCUT2D eigenvalue weighted by Gasteiger charge is 2.38. The van der Waals surface area contributed by atoms with Gasteiger partial charge in [-0.25, -0.2) is 9.29 Å². The van der Waals surface area contributed by atoms with Gasteiger partial charge in [0.15, 0.2) is 0 Å². The van der Waals surface area contributed by atoms with Crippen molar-refractivity contribution in [2.45, 2.75) is 0 Å². The number of benzene rings is 2. The summed E-state index contributed by atoms with van der Waals surface area (Å²) < 4.78 is 14.0. The number of nitrogens with one attached hydrogen (secondary N) is 1. The molecule has 0 radical (unpaired) electrons. The minimum atomic E-state index is -0.642. The highest BCUT2D eigenvalue weighted by molar-refractivity contribution is 14.1. The first-order chi connectivity index (χ1) is 11.0. The molecule has 2 aromatic rings. The summed E-state index contributed by atoms with van der Waals surface area (Å²) in [6, 6.07) is 12.3. The second-order valence-corrected chi connectivity index (χ2v) is 6.37. The first kappa shape index (κ1) is 15.9. The van der Waals surface area contributed by atoms with Crippen LogP contribution in [0.3, 0.4) is 0 Å². The van der Waals surface area contributed by atoms with Crippen LogP contribution in [-0.2, 0) is 9.59 Å². The number of carbonyl (C=O) groups excluding carboxylic acids is 2. The molecule has 0 spiro atoms. The molecule has 0 saturated heterocycles. The Morgan fingerprint density at radius 2 is 1.57 bits per heavy atom. The van der Waals surface area contributed by atoms with Crippen molar-refractivity contribution in [2.24, 2.45) is 0 Å². The van der Waals surface area contributed by atoms with Crippen molar-refractivity contribution in [3.05, 3.63) is 68.6 Å². The Morgan fingerprint density at radius 1 is 0.957 bits per heavy atom. The molecule has 0 atom stereocenters. The van der Waals surface area contributed by atoms with E-state index in [4.69, 9.17) is 11.6 Å². The lowest BCUT2D eigenvalue weighted by Gasteiger charge is -2.15. The van der Waals surface area contributed by atoms with E-state index in [2.05, 4.69) is 27.9 Å². The Bertz CT molecular complexity index is 819. The minimum Gasteiger partial charge on any atom is -0.350 e. The molecule has 2 aromatic carbocycles. The van der Waals surface area contributed by atoms with Crippen molar-refractivity contribution < 1.29 is 14.0 Å². The lowest BCUT2D eigenvalue weighted by molar-refractivity contribution is -0.120. The zero-order valence-corrected chi connectivity index (χ0v) is 14.4. The molecule has 23 heavy (non-hydrogen) atoms. The average Bonchev–Trinajstić information content (AvgIpc) is 2.74. The van der Waals surface area contributed by atoms with Crippen LogP contribution in [0, 0.1) is 9.39 Å². The van der Waals surface area contributed by atoms with Gasteiger partial charge in [0.2, 0.25) is 0 Å². The van der Waals surface area contributed by atoms with E-state index in [1.165, 1.54) is 24.3 Å². The Balaban J connectivity index is 1.90. The molecule has 0 unspecified atom stereocenters. The summed E-state index contributed by atoms with van der Waals surface area (Å²) in [6.07, 6.45) is 0. The van der Waals surface area contributed by atoms with E-state index in [1.807, 2.05) is 12.1 Å². The summed E-state index contributed by atoms with van der Waals surface area (Å²) in [6.45, 7) is 0. The third-order valence-corrected chi connectivity index (χ3v) is 4.30. The molecule has 116 valence electrons. The highest BCUT2D eigenvalue weighted by atomic mass is 127. The monoisotopic (exact) mass is 442 g/mol. The zero-order valence-electron chi connectivity index (χ0n) is 11.5. The number of hydrogen-bond donors (Lipinski definition) is 1. The number of imide groups is 1. The van der Waals surface area contributed by atoms with Gasteiger partial charge in [0.05, 0.1) is 5.69 Å². The van der Waals surface area contributed by atoms with E-state index >= 15 is 0 Å². The third-order valence-electron chi connectivity index (χ3n) is 3.23. The third kappa shape index (κ3) is 3.09. The lowest BCUT2D eigenvalue weighted by atomic mass is 10.3. The molecule has 1 N–H and O–H groups in total. The Labute approximate surface area is 150 Å². The van der Waals surface area contributed by atoms with Gasteiger partial charge in [0.1, 0.15) is 16.5 Å². The molecule has 1 aliphatic heterocycles. The van der Waals surface area contributed by atoms with Gasteiger partial charge >= 0.3 is 0 Å². The second-order valence-electron chi connectivity index (χ2n) is 4.74. The Kier molecular flexibility index (Phi) is 4.36. The number of rotatable bonds is 3. The fraction of sp³-hybridized carbons (Fsp3) is 0. The smallest absolute Gasteiger partial charge is 0.283 e. The summed E-state index contributed by atoms with van der Waals surface area (Å²) in [5.41, 5.74) is 0.904. The molecule has 1 aliphatic rings. The molecular formula is C16H9ClFIN2O2. The SMILES string of the molecule is O=C1C(Cl)=C(Nc2ccc(I)cc2)C(=O)N1c1ccc(F)cc1. The summed E-state index contributed by atoms with van der Waals surface area (Å²) >= 11 is 8.17. The molecule has 0 aliphatic carbocycles. The van der Waals surface area contributed by atoms with Crippen LogP contribution < -0.4 is 10.2 Å². The van der Waals surface area contributed by atoms with Crippen molar-refractivity contribution >= 4 is 57.4 Å². The van der Waals surface area contributed by atoms with E-state index in [1.54, 1.807) is 12.1 Å². The van der Waals surface area contributed by atoms with E-state index in [0.29, 0.717) is 5.69 Å². The minimum absolute atomic E-state index is 0.00204. The molecule has 4 nitrogen and oxygen atoms in total. The highest BCUT2D eigenvalue weighted by Crippen LogP contribution is 2.30. The van der Waals surface area contributed by atoms with E-state index in [9.17, 15) is 14.0 Å². The number of anilines is 2. The van der Waals surface area contributed by atoms with Crippen molar-refractivity contribution in [1.82, 2.24) is 0 Å². The molecule has 0 fully saturated rings. The van der Waals surface area contributed by atoms with Gasteiger partial charge in [-0.1, -0.05) is 11.6 Å². The van der Waals surface area contributed by atoms with Crippen LogP contribution in [0.25, 0.3) is 0 Å². The van der Waals surface area contributed by atoms with Crippen LogP contribution in [0.15, 0.2) is 59.3 Å². The predicted molar refractivity (Wildman–Crippen MR) is 94.6 cm³/mol. The first-order valence-electron chi connectivity index (χ1n) is 6.54. The maximum Gasteiger partial charge on any atom is 0.283 e. The molecule has 2 amide bonds. The zero-order chi connectivity index (χ0) is 16.6. The molecule has 1 heterocycles. The van der Waals surface area contributed by atoms with Crippen LogP contribution in [0.2, 0.25) is 0 Å². The van der Waals surface area contributed by atoms with E-state index < -0.39 is 17.6 Å². The van der Waals surface area contributed by atoms with Gasteiger partial charge in [-0.05, 0) is 71.1 Å². The quantitative estimate of drug-likeness (QED) is 0.580. The largest absolute Gasteiger partial charge is 0.350 e. The fourth-order valence-electron chi connectivity index (χ4n) is 2.11. The summed E-state index contributed by atoms with van der Waals surface area (Å²) in [5, 5.41) is 2.67. The molecule has 7 heteroatoms. The average molecular weight is 443 g/mol. The van der Waals surface area contributed by atoms with Crippen molar-refractivity contribution in [2.75, 3.05) is 10.2 Å². The molecule has 3 rings (SSSR count). The van der Waals surface area contributed by atoms with Crippen LogP contribution in [0.5, 0.6) is 0 Å². The van der Waals surface area contributed by atoms with E-state index in [0.717, 1.165) is 8.47 Å². The maximum atomic E-state index is 13.0. The van der Waals surface area contributed by atoms with Crippen molar-refractivity contribution in [3.8, 4) is 0 Å². The lowest BCUT2D eigenvalue weighted by Crippen LogP contribution is -2.32. The molecule has 0 bridgehead atoms. The Hall–Kier alpha value is -1.93. The standard InChI is InChI=1S/C16H9ClFIN2O2/c17-13-14(20-11-5-3-10(19)4-6-11)16(23)21(15(13)22)12-7-1-9(18)2-8-12/h1-8,20H. The summed E-state index contributed by atoms with van der Waals surface area (Å²) in [5.74, 6) is -1.68. The topological polar surface area (TPSA) is 49.4 Å². The van der Waals surface area contributed by atoms with Crippen LogP contribution in [0.1, 0.15) is 0 Å². The van der Waals surface area contributed by atoms with Gasteiger partial charge in [-0.3, -0.25) is 9.59 Å². The molecule has 0 saturated carbocycles. The van der Waals surface area contributed by atoms with Crippen molar-refractivity contribution in [1.29, 1.82) is 0 Å². The van der Waals surface area contributed by atoms with Gasteiger partial charge in [0.25, 0.3) is 11.8 Å². The molecule has 0 aromatic heterocycles. The van der Waals surface area contributed by atoms with Crippen LogP contribution >= 0.6 is 34.2 Å². The number of carbonyl (C=O) groups is 2. The van der Waals surface area contributed by atoms with Gasteiger partial charge in [-0.2, -0.15) is 0 Å². The summed E-state index contributed by atoms with van der Waals surface area (Å²) in [4.78, 5) is 25.6. The van der Waals surface area contributed by atoms with E-state index in [-0.39, 0.29) is 16.4 Å². The number of amides is 2. The van der Waals surface area contributed by atoms with Gasteiger partial charge < -0.3 is 5.32 Å². The van der Waals surface area contributed by atoms with Gasteiger partial charge in [0, 0.05) is 9.26 Å². The summed E-state index contributed by atoms with van der Waals surface area (Å²) in [7, 11) is 0. The van der Waals surface area contributed by atoms with Gasteiger partial charge in [-0.15, -0.1) is 0 Å². The van der Waals surface area contributed by atoms with Crippen LogP contribution in [0.4, 0.5) is 15.8 Å². The normalized spacial score (nSPS) is 14.7. The van der Waals surface area contributed by atoms with Crippen molar-refractivity contribution in [3.63, 3.8) is 0 Å². The fourth-order valence-corrected chi connectivity index (χ4v) is 2.69. The molecular weight excluding hydrogens is 434 g/mol. The number of halogens is 3.